The van der Waals surface area contributed by atoms with Gasteiger partial charge in [-0.1, -0.05) is 29.8 Å². The molecule has 1 aliphatic heterocycles. The van der Waals surface area contributed by atoms with E-state index in [1.165, 1.54) is 11.1 Å². The molecule has 1 fully saturated rings. The third-order valence-corrected chi connectivity index (χ3v) is 5.84. The van der Waals surface area contributed by atoms with Crippen LogP contribution in [-0.2, 0) is 7.05 Å². The number of hydrogen-bond donors (Lipinski definition) is 1. The highest BCUT2D eigenvalue weighted by atomic mass is 16.2. The van der Waals surface area contributed by atoms with Gasteiger partial charge in [0.05, 0.1) is 28.8 Å². The summed E-state index contributed by atoms with van der Waals surface area (Å²) in [7, 11) is 1.86. The van der Waals surface area contributed by atoms with Crippen molar-refractivity contribution < 1.29 is 4.79 Å². The lowest BCUT2D eigenvalue weighted by atomic mass is 9.98. The van der Waals surface area contributed by atoms with Crippen LogP contribution in [0.3, 0.4) is 0 Å². The van der Waals surface area contributed by atoms with E-state index in [-0.39, 0.29) is 5.91 Å². The lowest BCUT2D eigenvalue weighted by Crippen LogP contribution is -2.29. The third kappa shape index (κ3) is 2.90. The van der Waals surface area contributed by atoms with Gasteiger partial charge in [0.15, 0.2) is 0 Å². The van der Waals surface area contributed by atoms with Gasteiger partial charge in [0.2, 0.25) is 0 Å². The Labute approximate surface area is 168 Å². The third-order valence-electron chi connectivity index (χ3n) is 5.84. The Bertz CT molecular complexity index is 1240. The minimum atomic E-state index is -0.0475. The molecule has 0 spiro atoms. The summed E-state index contributed by atoms with van der Waals surface area (Å²) >= 11 is 0. The van der Waals surface area contributed by atoms with Gasteiger partial charge >= 0.3 is 0 Å². The number of likely N-dealkylation sites (tertiary alicyclic amines) is 1. The minimum absolute atomic E-state index is 0.0475. The van der Waals surface area contributed by atoms with E-state index in [1.807, 2.05) is 18.0 Å². The van der Waals surface area contributed by atoms with E-state index in [1.54, 1.807) is 17.1 Å². The molecule has 5 rings (SSSR count). The quantitative estimate of drug-likeness (QED) is 0.572. The van der Waals surface area contributed by atoms with Crippen LogP contribution in [0.15, 0.2) is 42.7 Å². The van der Waals surface area contributed by atoms with Crippen molar-refractivity contribution in [1.82, 2.24) is 24.6 Å². The molecule has 1 saturated heterocycles. The summed E-state index contributed by atoms with van der Waals surface area (Å²) in [5, 5.41) is 5.91. The molecule has 0 unspecified atom stereocenters. The van der Waals surface area contributed by atoms with Crippen LogP contribution in [0.25, 0.3) is 21.8 Å². The van der Waals surface area contributed by atoms with Gasteiger partial charge in [0.1, 0.15) is 11.5 Å². The molecule has 146 valence electrons. The molecular formula is C22H22N6O. The molecule has 1 atom stereocenters. The van der Waals surface area contributed by atoms with Gasteiger partial charge in [0, 0.05) is 31.4 Å². The van der Waals surface area contributed by atoms with E-state index in [4.69, 9.17) is 5.73 Å². The Morgan fingerprint density at radius 2 is 1.97 bits per heavy atom. The van der Waals surface area contributed by atoms with Crippen molar-refractivity contribution in [3.63, 3.8) is 0 Å². The van der Waals surface area contributed by atoms with Crippen molar-refractivity contribution in [2.24, 2.45) is 7.05 Å². The first-order valence-corrected chi connectivity index (χ1v) is 9.74. The summed E-state index contributed by atoms with van der Waals surface area (Å²) in [6.07, 6.45) is 4.29. The molecule has 0 bridgehead atoms. The maximum Gasteiger partial charge on any atom is 0.272 e. The molecule has 4 aromatic rings. The highest BCUT2D eigenvalue weighted by Crippen LogP contribution is 2.30. The van der Waals surface area contributed by atoms with Crippen molar-refractivity contribution in [3.8, 4) is 0 Å². The molecule has 0 saturated carbocycles. The van der Waals surface area contributed by atoms with E-state index < -0.39 is 0 Å². The molecule has 0 aliphatic carbocycles. The van der Waals surface area contributed by atoms with Crippen molar-refractivity contribution in [2.45, 2.75) is 19.3 Å². The first-order valence-electron chi connectivity index (χ1n) is 9.74. The molecule has 2 N–H and O–H groups in total. The van der Waals surface area contributed by atoms with E-state index in [9.17, 15) is 4.79 Å². The molecule has 1 aliphatic rings. The zero-order chi connectivity index (χ0) is 20.1. The van der Waals surface area contributed by atoms with Crippen molar-refractivity contribution in [3.05, 3.63) is 59.5 Å². The monoisotopic (exact) mass is 386 g/mol. The number of nitrogen functional groups attached to an aromatic ring is 1. The van der Waals surface area contributed by atoms with Crippen LogP contribution >= 0.6 is 0 Å². The normalized spacial score (nSPS) is 16.8. The van der Waals surface area contributed by atoms with Gasteiger partial charge in [0.25, 0.3) is 5.91 Å². The molecule has 7 nitrogen and oxygen atoms in total. The zero-order valence-electron chi connectivity index (χ0n) is 16.5. The van der Waals surface area contributed by atoms with E-state index >= 15 is 0 Å². The van der Waals surface area contributed by atoms with E-state index in [0.29, 0.717) is 29.5 Å². The van der Waals surface area contributed by atoms with Crippen LogP contribution in [0.4, 0.5) is 5.82 Å². The Hall–Kier alpha value is -3.48. The zero-order valence-corrected chi connectivity index (χ0v) is 16.5. The van der Waals surface area contributed by atoms with Crippen molar-refractivity contribution >= 4 is 33.5 Å². The summed E-state index contributed by atoms with van der Waals surface area (Å²) in [6, 6.07) is 10.4. The SMILES string of the molecule is Cc1ccc([C@H]2CCN(C(=O)c3cc4c(cn3)nc(N)c3cnn(C)c34)C2)cc1. The number of hydrogen-bond acceptors (Lipinski definition) is 5. The highest BCUT2D eigenvalue weighted by molar-refractivity contribution is 6.09. The van der Waals surface area contributed by atoms with Crippen LogP contribution < -0.4 is 5.73 Å². The van der Waals surface area contributed by atoms with Crippen LogP contribution in [-0.4, -0.2) is 43.6 Å². The van der Waals surface area contributed by atoms with Gasteiger partial charge < -0.3 is 10.6 Å². The number of carbonyl (C=O) groups is 1. The van der Waals surface area contributed by atoms with Gasteiger partial charge in [-0.25, -0.2) is 9.97 Å². The predicted molar refractivity (Wildman–Crippen MR) is 113 cm³/mol. The maximum atomic E-state index is 13.1. The molecule has 1 amide bonds. The van der Waals surface area contributed by atoms with Crippen molar-refractivity contribution in [1.29, 1.82) is 0 Å². The van der Waals surface area contributed by atoms with E-state index in [0.717, 1.165) is 29.3 Å². The number of aryl methyl sites for hydroxylation is 2. The second-order valence-electron chi connectivity index (χ2n) is 7.76. The number of nitrogens with two attached hydrogens (primary N) is 1. The summed E-state index contributed by atoms with van der Waals surface area (Å²) in [6.45, 7) is 3.53. The molecule has 7 heteroatoms. The van der Waals surface area contributed by atoms with Crippen LogP contribution in [0.2, 0.25) is 0 Å². The number of fused-ring (bicyclic) bond motifs is 3. The molecule has 4 heterocycles. The first-order chi connectivity index (χ1) is 14.0. The molecule has 3 aromatic heterocycles. The smallest absolute Gasteiger partial charge is 0.272 e. The van der Waals surface area contributed by atoms with Gasteiger partial charge in [-0.3, -0.25) is 9.48 Å². The summed E-state index contributed by atoms with van der Waals surface area (Å²) in [5.41, 5.74) is 10.5. The largest absolute Gasteiger partial charge is 0.383 e. The number of pyridine rings is 2. The second-order valence-corrected chi connectivity index (χ2v) is 7.76. The molecule has 29 heavy (non-hydrogen) atoms. The lowest BCUT2D eigenvalue weighted by molar-refractivity contribution is 0.0785. The highest BCUT2D eigenvalue weighted by Gasteiger charge is 2.29. The Morgan fingerprint density at radius 1 is 1.17 bits per heavy atom. The number of amides is 1. The fraction of sp³-hybridized carbons (Fsp3) is 0.273. The minimum Gasteiger partial charge on any atom is -0.383 e. The summed E-state index contributed by atoms with van der Waals surface area (Å²) in [5.74, 6) is 0.737. The second kappa shape index (κ2) is 6.55. The summed E-state index contributed by atoms with van der Waals surface area (Å²) < 4.78 is 1.76. The van der Waals surface area contributed by atoms with Gasteiger partial charge in [-0.05, 0) is 25.0 Å². The average Bonchev–Trinajstić information content (AvgIpc) is 3.36. The Morgan fingerprint density at radius 3 is 2.76 bits per heavy atom. The fourth-order valence-electron chi connectivity index (χ4n) is 4.20. The van der Waals surface area contributed by atoms with Crippen molar-refractivity contribution in [2.75, 3.05) is 18.8 Å². The standard InChI is InChI=1S/C22H22N6O/c1-13-3-5-14(6-4-13)15-7-8-28(12-15)22(29)18-9-16-19(11-24-18)26-21(23)17-10-25-27(2)20(16)17/h3-6,9-11,15H,7-8,12H2,1-2H3,(H2,23,26)/t15-/m0/s1. The summed E-state index contributed by atoms with van der Waals surface area (Å²) in [4.78, 5) is 23.8. The molecular weight excluding hydrogens is 364 g/mol. The number of anilines is 1. The molecule has 0 radical (unpaired) electrons. The number of rotatable bonds is 2. The van der Waals surface area contributed by atoms with Crippen LogP contribution in [0.1, 0.15) is 34.0 Å². The number of carbonyl (C=O) groups excluding carboxylic acids is 1. The average molecular weight is 386 g/mol. The van der Waals surface area contributed by atoms with Gasteiger partial charge in [-0.2, -0.15) is 5.10 Å². The number of aromatic nitrogens is 4. The molecule has 1 aromatic carbocycles. The topological polar surface area (TPSA) is 89.9 Å². The Balaban J connectivity index is 1.47. The van der Waals surface area contributed by atoms with Gasteiger partial charge in [-0.15, -0.1) is 0 Å². The fourth-order valence-corrected chi connectivity index (χ4v) is 4.20. The van der Waals surface area contributed by atoms with E-state index in [2.05, 4.69) is 46.3 Å². The number of benzene rings is 1. The first kappa shape index (κ1) is 17.6. The maximum absolute atomic E-state index is 13.1. The Kier molecular flexibility index (Phi) is 3.97. The predicted octanol–water partition coefficient (Wildman–Crippen LogP) is 3.04. The van der Waals surface area contributed by atoms with Crippen LogP contribution in [0, 0.1) is 6.92 Å². The van der Waals surface area contributed by atoms with Crippen LogP contribution in [0.5, 0.6) is 0 Å². The number of nitrogens with zero attached hydrogens (tertiary/aromatic N) is 5. The lowest BCUT2D eigenvalue weighted by Gasteiger charge is -2.17.